The number of hydrogen-bond donors (Lipinski definition) is 1. The molecule has 0 saturated heterocycles. The summed E-state index contributed by atoms with van der Waals surface area (Å²) in [6.45, 7) is 0.813. The van der Waals surface area contributed by atoms with Gasteiger partial charge in [0.15, 0.2) is 0 Å². The van der Waals surface area contributed by atoms with Crippen LogP contribution in [-0.4, -0.2) is 48.5 Å². The molecular formula is C12H18BrN3O2. The van der Waals surface area contributed by atoms with Crippen LogP contribution < -0.4 is 4.90 Å². The maximum Gasteiger partial charge on any atom is 0.135 e. The molecule has 0 aliphatic heterocycles. The monoisotopic (exact) mass is 315 g/mol. The van der Waals surface area contributed by atoms with Crippen LogP contribution in [0, 0.1) is 0 Å². The molecule has 1 heterocycles. The first-order chi connectivity index (χ1) is 8.60. The van der Waals surface area contributed by atoms with Crippen molar-refractivity contribution in [3.05, 3.63) is 16.5 Å². The molecule has 1 N–H and O–H groups in total. The summed E-state index contributed by atoms with van der Waals surface area (Å²) in [4.78, 5) is 10.8. The summed E-state index contributed by atoms with van der Waals surface area (Å²) in [5.74, 6) is 2.24. The molecule has 0 bridgehead atoms. The molecule has 100 valence electrons. The summed E-state index contributed by atoms with van der Waals surface area (Å²) in [5, 5.41) is 9.72. The van der Waals surface area contributed by atoms with Gasteiger partial charge in [0, 0.05) is 32.7 Å². The lowest BCUT2D eigenvalue weighted by Crippen LogP contribution is -2.32. The summed E-state index contributed by atoms with van der Waals surface area (Å²) in [6, 6.07) is 1.87. The second-order valence-electron chi connectivity index (χ2n) is 4.67. The number of nitrogens with zero attached hydrogens (tertiary/aromatic N) is 3. The molecule has 1 saturated carbocycles. The van der Waals surface area contributed by atoms with Crippen LogP contribution in [-0.2, 0) is 4.74 Å². The third kappa shape index (κ3) is 3.63. The maximum atomic E-state index is 9.72. The number of ether oxygens (including phenoxy) is 1. The van der Waals surface area contributed by atoms with Crippen LogP contribution in [0.1, 0.15) is 24.6 Å². The highest BCUT2D eigenvalue weighted by atomic mass is 79.9. The first kappa shape index (κ1) is 13.7. The molecule has 0 radical (unpaired) electrons. The zero-order valence-electron chi connectivity index (χ0n) is 10.6. The lowest BCUT2D eigenvalue weighted by atomic mass is 10.3. The van der Waals surface area contributed by atoms with Crippen molar-refractivity contribution in [3.8, 4) is 0 Å². The lowest BCUT2D eigenvalue weighted by molar-refractivity contribution is 0.0694. The summed E-state index contributed by atoms with van der Waals surface area (Å²) in [5.41, 5.74) is 0. The van der Waals surface area contributed by atoms with Crippen molar-refractivity contribution in [2.24, 2.45) is 0 Å². The van der Waals surface area contributed by atoms with Gasteiger partial charge in [-0.25, -0.2) is 9.97 Å². The average Bonchev–Trinajstić information content (AvgIpc) is 3.12. The first-order valence-electron chi connectivity index (χ1n) is 6.02. The molecule has 18 heavy (non-hydrogen) atoms. The minimum absolute atomic E-state index is 0.325. The van der Waals surface area contributed by atoms with Crippen molar-refractivity contribution in [2.45, 2.75) is 24.9 Å². The molecular weight excluding hydrogens is 298 g/mol. The van der Waals surface area contributed by atoms with Crippen LogP contribution in [0.3, 0.4) is 0 Å². The standard InChI is InChI=1S/C12H18BrN3O2/c1-16(6-9(17)7-18-2)11-5-10(13)14-12(15-11)8-3-4-8/h5,8-9,17H,3-4,6-7H2,1-2H3. The van der Waals surface area contributed by atoms with E-state index in [2.05, 4.69) is 25.9 Å². The molecule has 6 heteroatoms. The number of anilines is 1. The van der Waals surface area contributed by atoms with Crippen LogP contribution in [0.2, 0.25) is 0 Å². The Morgan fingerprint density at radius 2 is 2.28 bits per heavy atom. The van der Waals surface area contributed by atoms with Gasteiger partial charge in [-0.05, 0) is 28.8 Å². The van der Waals surface area contributed by atoms with E-state index in [9.17, 15) is 5.11 Å². The molecule has 1 fully saturated rings. The predicted molar refractivity (Wildman–Crippen MR) is 72.9 cm³/mol. The van der Waals surface area contributed by atoms with Gasteiger partial charge in [0.2, 0.25) is 0 Å². The SMILES string of the molecule is COCC(O)CN(C)c1cc(Br)nc(C2CC2)n1. The Labute approximate surface area is 115 Å². The number of aromatic nitrogens is 2. The number of aliphatic hydroxyl groups excluding tert-OH is 1. The fraction of sp³-hybridized carbons (Fsp3) is 0.667. The van der Waals surface area contributed by atoms with E-state index in [1.165, 1.54) is 12.8 Å². The summed E-state index contributed by atoms with van der Waals surface area (Å²) in [7, 11) is 3.49. The summed E-state index contributed by atoms with van der Waals surface area (Å²) >= 11 is 3.41. The molecule has 0 aromatic carbocycles. The molecule has 0 amide bonds. The van der Waals surface area contributed by atoms with E-state index < -0.39 is 6.10 Å². The van der Waals surface area contributed by atoms with E-state index in [-0.39, 0.29) is 0 Å². The molecule has 5 nitrogen and oxygen atoms in total. The number of hydrogen-bond acceptors (Lipinski definition) is 5. The number of likely N-dealkylation sites (N-methyl/N-ethyl adjacent to an activating group) is 1. The van der Waals surface area contributed by atoms with Gasteiger partial charge in [-0.3, -0.25) is 0 Å². The van der Waals surface area contributed by atoms with Gasteiger partial charge in [-0.1, -0.05) is 0 Å². The Balaban J connectivity index is 2.06. The Morgan fingerprint density at radius 1 is 1.56 bits per heavy atom. The molecule has 1 aliphatic carbocycles. The van der Waals surface area contributed by atoms with Gasteiger partial charge >= 0.3 is 0 Å². The molecule has 1 atom stereocenters. The number of halogens is 1. The van der Waals surface area contributed by atoms with E-state index in [0.29, 0.717) is 19.1 Å². The Kier molecular flexibility index (Phi) is 4.53. The zero-order valence-corrected chi connectivity index (χ0v) is 12.2. The molecule has 1 aliphatic rings. The van der Waals surface area contributed by atoms with Gasteiger partial charge in [0.25, 0.3) is 0 Å². The van der Waals surface area contributed by atoms with E-state index in [4.69, 9.17) is 4.74 Å². The fourth-order valence-corrected chi connectivity index (χ4v) is 2.18. The van der Waals surface area contributed by atoms with Crippen LogP contribution in [0.4, 0.5) is 5.82 Å². The van der Waals surface area contributed by atoms with Crippen LogP contribution in [0.5, 0.6) is 0 Å². The van der Waals surface area contributed by atoms with Crippen molar-refractivity contribution in [3.63, 3.8) is 0 Å². The topological polar surface area (TPSA) is 58.5 Å². The second-order valence-corrected chi connectivity index (χ2v) is 5.48. The third-order valence-corrected chi connectivity index (χ3v) is 3.28. The van der Waals surface area contributed by atoms with Crippen molar-refractivity contribution in [1.29, 1.82) is 0 Å². The number of aliphatic hydroxyl groups is 1. The molecule has 1 aromatic heterocycles. The Bertz CT molecular complexity index is 412. The maximum absolute atomic E-state index is 9.72. The predicted octanol–water partition coefficient (Wildman–Crippen LogP) is 1.56. The van der Waals surface area contributed by atoms with E-state index in [0.717, 1.165) is 16.2 Å². The second kappa shape index (κ2) is 5.95. The highest BCUT2D eigenvalue weighted by molar-refractivity contribution is 9.10. The zero-order chi connectivity index (χ0) is 13.1. The minimum Gasteiger partial charge on any atom is -0.389 e. The first-order valence-corrected chi connectivity index (χ1v) is 6.82. The van der Waals surface area contributed by atoms with Crippen molar-refractivity contribution in [2.75, 3.05) is 32.2 Å². The van der Waals surface area contributed by atoms with E-state index in [1.807, 2.05) is 18.0 Å². The van der Waals surface area contributed by atoms with Gasteiger partial charge in [-0.15, -0.1) is 0 Å². The van der Waals surface area contributed by atoms with Crippen LogP contribution in [0.15, 0.2) is 10.7 Å². The van der Waals surface area contributed by atoms with Gasteiger partial charge < -0.3 is 14.7 Å². The molecule has 2 rings (SSSR count). The number of methoxy groups -OCH3 is 1. The van der Waals surface area contributed by atoms with Crippen LogP contribution >= 0.6 is 15.9 Å². The van der Waals surface area contributed by atoms with Gasteiger partial charge in [0.05, 0.1) is 12.7 Å². The summed E-state index contributed by atoms with van der Waals surface area (Å²) in [6.07, 6.45) is 1.83. The smallest absolute Gasteiger partial charge is 0.135 e. The Morgan fingerprint density at radius 3 is 2.89 bits per heavy atom. The summed E-state index contributed by atoms with van der Waals surface area (Å²) < 4.78 is 5.71. The van der Waals surface area contributed by atoms with E-state index in [1.54, 1.807) is 7.11 Å². The minimum atomic E-state index is -0.516. The highest BCUT2D eigenvalue weighted by Gasteiger charge is 2.27. The van der Waals surface area contributed by atoms with Gasteiger partial charge in [-0.2, -0.15) is 0 Å². The normalized spacial score (nSPS) is 16.7. The van der Waals surface area contributed by atoms with Crippen molar-refractivity contribution >= 4 is 21.7 Å². The quantitative estimate of drug-likeness (QED) is 0.807. The molecule has 0 spiro atoms. The van der Waals surface area contributed by atoms with Crippen molar-refractivity contribution in [1.82, 2.24) is 9.97 Å². The highest BCUT2D eigenvalue weighted by Crippen LogP contribution is 2.39. The van der Waals surface area contributed by atoms with E-state index >= 15 is 0 Å². The average molecular weight is 316 g/mol. The fourth-order valence-electron chi connectivity index (χ4n) is 1.80. The number of rotatable bonds is 6. The third-order valence-electron chi connectivity index (χ3n) is 2.88. The Hall–Kier alpha value is -0.720. The van der Waals surface area contributed by atoms with Crippen LogP contribution in [0.25, 0.3) is 0 Å². The largest absolute Gasteiger partial charge is 0.389 e. The van der Waals surface area contributed by atoms with Crippen molar-refractivity contribution < 1.29 is 9.84 Å². The lowest BCUT2D eigenvalue weighted by Gasteiger charge is -2.21. The molecule has 1 aromatic rings. The molecule has 1 unspecified atom stereocenters. The van der Waals surface area contributed by atoms with Gasteiger partial charge in [0.1, 0.15) is 16.2 Å².